The summed E-state index contributed by atoms with van der Waals surface area (Å²) in [7, 11) is 0. The van der Waals surface area contributed by atoms with Gasteiger partial charge in [-0.1, -0.05) is 35.0 Å². The molecule has 0 radical (unpaired) electrons. The second-order valence-electron chi connectivity index (χ2n) is 2.25. The van der Waals surface area contributed by atoms with E-state index < -0.39 is 5.82 Å². The zero-order valence-electron chi connectivity index (χ0n) is 6.57. The zero-order valence-corrected chi connectivity index (χ0v) is 8.08. The van der Waals surface area contributed by atoms with Crippen LogP contribution in [0.15, 0.2) is 12.1 Å². The van der Waals surface area contributed by atoms with Gasteiger partial charge in [0.2, 0.25) is 0 Å². The van der Waals surface area contributed by atoms with Gasteiger partial charge in [0.1, 0.15) is 5.82 Å². The van der Waals surface area contributed by atoms with Gasteiger partial charge >= 0.3 is 0 Å². The van der Waals surface area contributed by atoms with E-state index in [0.717, 1.165) is 12.1 Å². The van der Waals surface area contributed by atoms with Crippen LogP contribution in [0.25, 0.3) is 0 Å². The molecular formula is C9H6Cl2FN. The van der Waals surface area contributed by atoms with Crippen LogP contribution in [0.1, 0.15) is 5.56 Å². The van der Waals surface area contributed by atoms with Gasteiger partial charge in [0, 0.05) is 0 Å². The second-order valence-corrected chi connectivity index (χ2v) is 3.06. The number of benzene rings is 1. The highest BCUT2D eigenvalue weighted by Crippen LogP contribution is 2.24. The first-order valence-electron chi connectivity index (χ1n) is 3.48. The molecule has 0 heterocycles. The molecule has 0 saturated heterocycles. The molecule has 1 nitrogen and oxygen atoms in total. The van der Waals surface area contributed by atoms with Crippen molar-refractivity contribution in [2.75, 3.05) is 6.54 Å². The zero-order chi connectivity index (χ0) is 9.84. The van der Waals surface area contributed by atoms with Crippen molar-refractivity contribution in [3.63, 3.8) is 0 Å². The molecule has 1 aromatic carbocycles. The summed E-state index contributed by atoms with van der Waals surface area (Å²) in [5.74, 6) is 4.78. The lowest BCUT2D eigenvalue weighted by Crippen LogP contribution is -1.93. The molecule has 0 aliphatic heterocycles. The molecule has 0 amide bonds. The monoisotopic (exact) mass is 217 g/mol. The summed E-state index contributed by atoms with van der Waals surface area (Å²) in [6.45, 7) is 0.212. The van der Waals surface area contributed by atoms with Crippen LogP contribution in [-0.4, -0.2) is 6.54 Å². The molecule has 0 atom stereocenters. The van der Waals surface area contributed by atoms with Crippen molar-refractivity contribution in [1.29, 1.82) is 0 Å². The molecular weight excluding hydrogens is 212 g/mol. The third-order valence-corrected chi connectivity index (χ3v) is 1.92. The van der Waals surface area contributed by atoms with E-state index in [2.05, 4.69) is 11.8 Å². The Kier molecular flexibility index (Phi) is 3.56. The highest BCUT2D eigenvalue weighted by molar-refractivity contribution is 6.36. The Morgan fingerprint density at radius 2 is 1.85 bits per heavy atom. The molecule has 0 bridgehead atoms. The molecule has 0 fully saturated rings. The first kappa shape index (κ1) is 10.3. The molecule has 0 aliphatic carbocycles. The van der Waals surface area contributed by atoms with E-state index in [1.165, 1.54) is 0 Å². The molecule has 0 spiro atoms. The van der Waals surface area contributed by atoms with Crippen LogP contribution in [0, 0.1) is 17.7 Å². The maximum Gasteiger partial charge on any atom is 0.126 e. The summed E-state index contributed by atoms with van der Waals surface area (Å²) in [6, 6.07) is 2.32. The van der Waals surface area contributed by atoms with Gasteiger partial charge in [-0.25, -0.2) is 4.39 Å². The van der Waals surface area contributed by atoms with Gasteiger partial charge in [-0.3, -0.25) is 0 Å². The number of nitrogens with two attached hydrogens (primary N) is 1. The van der Waals surface area contributed by atoms with Crippen LogP contribution < -0.4 is 5.73 Å². The number of hydrogen-bond acceptors (Lipinski definition) is 1. The third kappa shape index (κ3) is 2.60. The van der Waals surface area contributed by atoms with Crippen molar-refractivity contribution in [3.05, 3.63) is 33.6 Å². The Hall–Kier alpha value is -0.750. The highest BCUT2D eigenvalue weighted by atomic mass is 35.5. The van der Waals surface area contributed by atoms with E-state index in [9.17, 15) is 4.39 Å². The largest absolute Gasteiger partial charge is 0.320 e. The van der Waals surface area contributed by atoms with Gasteiger partial charge in [-0.2, -0.15) is 0 Å². The molecule has 4 heteroatoms. The minimum atomic E-state index is -0.478. The number of rotatable bonds is 0. The summed E-state index contributed by atoms with van der Waals surface area (Å²) in [5, 5.41) is 0.400. The van der Waals surface area contributed by atoms with Crippen molar-refractivity contribution < 1.29 is 4.39 Å². The maximum absolute atomic E-state index is 12.7. The van der Waals surface area contributed by atoms with Gasteiger partial charge in [-0.05, 0) is 12.1 Å². The summed E-state index contributed by atoms with van der Waals surface area (Å²) < 4.78 is 12.7. The summed E-state index contributed by atoms with van der Waals surface area (Å²) in [4.78, 5) is 0. The summed E-state index contributed by atoms with van der Waals surface area (Å²) >= 11 is 11.4. The molecule has 0 unspecified atom stereocenters. The normalized spacial score (nSPS) is 9.23. The molecule has 0 aliphatic rings. The molecule has 1 rings (SSSR count). The van der Waals surface area contributed by atoms with Gasteiger partial charge in [0.05, 0.1) is 22.2 Å². The highest BCUT2D eigenvalue weighted by Gasteiger charge is 2.05. The van der Waals surface area contributed by atoms with Crippen LogP contribution in [0.3, 0.4) is 0 Å². The van der Waals surface area contributed by atoms with Gasteiger partial charge < -0.3 is 5.73 Å². The van der Waals surface area contributed by atoms with Crippen LogP contribution >= 0.6 is 23.2 Å². The maximum atomic E-state index is 12.7. The Bertz CT molecular complexity index is 356. The van der Waals surface area contributed by atoms with E-state index in [1.807, 2.05) is 0 Å². The fourth-order valence-corrected chi connectivity index (χ4v) is 1.36. The van der Waals surface area contributed by atoms with Crippen LogP contribution in [0.4, 0.5) is 4.39 Å². The van der Waals surface area contributed by atoms with Crippen molar-refractivity contribution in [2.24, 2.45) is 5.73 Å². The van der Waals surface area contributed by atoms with Crippen molar-refractivity contribution in [1.82, 2.24) is 0 Å². The van der Waals surface area contributed by atoms with Crippen molar-refractivity contribution in [2.45, 2.75) is 0 Å². The van der Waals surface area contributed by atoms with Crippen LogP contribution in [0.5, 0.6) is 0 Å². The number of halogens is 3. The summed E-state index contributed by atoms with van der Waals surface area (Å²) in [6.07, 6.45) is 0. The standard InChI is InChI=1S/C9H6Cl2FN/c10-8-4-6(12)5-9(11)7(8)2-1-3-13/h4-5H,3,13H2. The van der Waals surface area contributed by atoms with Gasteiger partial charge in [-0.15, -0.1) is 0 Å². The van der Waals surface area contributed by atoms with E-state index in [4.69, 9.17) is 28.9 Å². The first-order chi connectivity index (χ1) is 6.15. The van der Waals surface area contributed by atoms with E-state index in [1.54, 1.807) is 0 Å². The third-order valence-electron chi connectivity index (χ3n) is 1.32. The molecule has 13 heavy (non-hydrogen) atoms. The van der Waals surface area contributed by atoms with E-state index in [-0.39, 0.29) is 16.6 Å². The van der Waals surface area contributed by atoms with Crippen molar-refractivity contribution >= 4 is 23.2 Å². The van der Waals surface area contributed by atoms with Crippen LogP contribution in [-0.2, 0) is 0 Å². The molecule has 2 N–H and O–H groups in total. The minimum absolute atomic E-state index is 0.200. The Labute approximate surface area is 85.6 Å². The minimum Gasteiger partial charge on any atom is -0.320 e. The first-order valence-corrected chi connectivity index (χ1v) is 4.24. The average Bonchev–Trinajstić information content (AvgIpc) is 2.02. The Balaban J connectivity index is 3.21. The Morgan fingerprint density at radius 1 is 1.31 bits per heavy atom. The molecule has 68 valence electrons. The van der Waals surface area contributed by atoms with Crippen molar-refractivity contribution in [3.8, 4) is 11.8 Å². The smallest absolute Gasteiger partial charge is 0.126 e. The SMILES string of the molecule is NCC#Cc1c(Cl)cc(F)cc1Cl. The predicted molar refractivity (Wildman–Crippen MR) is 52.4 cm³/mol. The average molecular weight is 218 g/mol. The van der Waals surface area contributed by atoms with Crippen LogP contribution in [0.2, 0.25) is 10.0 Å². The topological polar surface area (TPSA) is 26.0 Å². The fraction of sp³-hybridized carbons (Fsp3) is 0.111. The second kappa shape index (κ2) is 4.48. The van der Waals surface area contributed by atoms with Gasteiger partial charge in [0.25, 0.3) is 0 Å². The lowest BCUT2D eigenvalue weighted by molar-refractivity contribution is 0.628. The Morgan fingerprint density at radius 3 is 2.31 bits per heavy atom. The molecule has 0 aromatic heterocycles. The van der Waals surface area contributed by atoms with Gasteiger partial charge in [0.15, 0.2) is 0 Å². The quantitative estimate of drug-likeness (QED) is 0.665. The number of hydrogen-bond donors (Lipinski definition) is 1. The molecule has 1 aromatic rings. The molecule has 0 saturated carbocycles. The lowest BCUT2D eigenvalue weighted by Gasteiger charge is -1.98. The lowest BCUT2D eigenvalue weighted by atomic mass is 10.2. The fourth-order valence-electron chi connectivity index (χ4n) is 0.801. The summed E-state index contributed by atoms with van der Waals surface area (Å²) in [5.41, 5.74) is 5.58. The van der Waals surface area contributed by atoms with E-state index in [0.29, 0.717) is 5.56 Å². The predicted octanol–water partition coefficient (Wildman–Crippen LogP) is 2.44. The van der Waals surface area contributed by atoms with E-state index >= 15 is 0 Å².